The van der Waals surface area contributed by atoms with Crippen molar-refractivity contribution < 1.29 is 9.84 Å². The standard InChI is InChI=1S/C23H27N3O2/c1-3-25-12-10-23(11-13-25)26-20(17-6-4-5-7-22(17)28-23)15-19(24-26)18-14-16(2)8-9-21(18)27/h4-9,14,20,27H,3,10-13,15H2,1-2H3/t20-/m0/s1. The Hall–Kier alpha value is -2.53. The van der Waals surface area contributed by atoms with E-state index < -0.39 is 5.72 Å². The molecule has 2 aromatic rings. The van der Waals surface area contributed by atoms with Crippen LogP contribution in [0.15, 0.2) is 47.6 Å². The summed E-state index contributed by atoms with van der Waals surface area (Å²) in [5.74, 6) is 1.28. The molecule has 3 heterocycles. The molecule has 1 spiro atoms. The third-order valence-electron chi connectivity index (χ3n) is 6.45. The van der Waals surface area contributed by atoms with Gasteiger partial charge in [-0.2, -0.15) is 5.10 Å². The number of phenolic OH excluding ortho intramolecular Hbond substituents is 1. The minimum atomic E-state index is -0.397. The van der Waals surface area contributed by atoms with Crippen molar-refractivity contribution in [3.63, 3.8) is 0 Å². The fourth-order valence-electron chi connectivity index (χ4n) is 4.82. The Bertz CT molecular complexity index is 931. The van der Waals surface area contributed by atoms with Gasteiger partial charge in [-0.05, 0) is 31.7 Å². The Morgan fingerprint density at radius 1 is 1.18 bits per heavy atom. The summed E-state index contributed by atoms with van der Waals surface area (Å²) in [7, 11) is 0. The molecule has 5 heteroatoms. The molecule has 0 unspecified atom stereocenters. The largest absolute Gasteiger partial charge is 0.507 e. The Kier molecular flexibility index (Phi) is 4.09. The van der Waals surface area contributed by atoms with Crippen LogP contribution < -0.4 is 4.74 Å². The maximum atomic E-state index is 10.5. The number of para-hydroxylation sites is 1. The van der Waals surface area contributed by atoms with E-state index in [1.807, 2.05) is 25.1 Å². The van der Waals surface area contributed by atoms with Crippen LogP contribution in [0.1, 0.15) is 48.9 Å². The molecule has 0 saturated carbocycles. The lowest BCUT2D eigenvalue weighted by Crippen LogP contribution is -2.59. The average molecular weight is 377 g/mol. The zero-order valence-corrected chi connectivity index (χ0v) is 16.6. The van der Waals surface area contributed by atoms with Gasteiger partial charge in [0.05, 0.1) is 11.8 Å². The molecule has 1 saturated heterocycles. The van der Waals surface area contributed by atoms with Crippen LogP contribution in [-0.2, 0) is 0 Å². The molecule has 5 nitrogen and oxygen atoms in total. The summed E-state index contributed by atoms with van der Waals surface area (Å²) in [6.45, 7) is 7.36. The Labute approximate surface area is 166 Å². The summed E-state index contributed by atoms with van der Waals surface area (Å²) in [4.78, 5) is 2.47. The lowest BCUT2D eigenvalue weighted by atomic mass is 9.90. The van der Waals surface area contributed by atoms with E-state index >= 15 is 0 Å². The molecule has 28 heavy (non-hydrogen) atoms. The number of hydrogen-bond acceptors (Lipinski definition) is 5. The zero-order chi connectivity index (χ0) is 19.3. The maximum absolute atomic E-state index is 10.5. The molecule has 0 bridgehead atoms. The van der Waals surface area contributed by atoms with Crippen LogP contribution in [0.4, 0.5) is 0 Å². The number of rotatable bonds is 2. The molecule has 0 radical (unpaired) electrons. The fourth-order valence-corrected chi connectivity index (χ4v) is 4.82. The van der Waals surface area contributed by atoms with Crippen molar-refractivity contribution in [1.82, 2.24) is 9.91 Å². The van der Waals surface area contributed by atoms with Crippen LogP contribution >= 0.6 is 0 Å². The molecule has 0 amide bonds. The lowest BCUT2D eigenvalue weighted by Gasteiger charge is -2.51. The van der Waals surface area contributed by atoms with Crippen molar-refractivity contribution >= 4 is 5.71 Å². The Balaban J connectivity index is 1.57. The molecular formula is C23H27N3O2. The normalized spacial score (nSPS) is 23.1. The van der Waals surface area contributed by atoms with Crippen molar-refractivity contribution in [1.29, 1.82) is 0 Å². The van der Waals surface area contributed by atoms with Crippen molar-refractivity contribution in [3.8, 4) is 11.5 Å². The molecule has 1 fully saturated rings. The molecule has 0 aromatic heterocycles. The summed E-state index contributed by atoms with van der Waals surface area (Å²) in [5, 5.41) is 17.7. The number of ether oxygens (including phenoxy) is 1. The smallest absolute Gasteiger partial charge is 0.200 e. The van der Waals surface area contributed by atoms with Crippen LogP contribution in [0.3, 0.4) is 0 Å². The predicted octanol–water partition coefficient (Wildman–Crippen LogP) is 4.06. The highest BCUT2D eigenvalue weighted by Crippen LogP contribution is 2.50. The maximum Gasteiger partial charge on any atom is 0.200 e. The van der Waals surface area contributed by atoms with E-state index in [1.165, 1.54) is 5.56 Å². The first-order chi connectivity index (χ1) is 13.6. The van der Waals surface area contributed by atoms with Crippen LogP contribution in [-0.4, -0.2) is 46.1 Å². The van der Waals surface area contributed by atoms with Crippen molar-refractivity contribution in [2.24, 2.45) is 5.10 Å². The third kappa shape index (κ3) is 2.68. The number of nitrogens with zero attached hydrogens (tertiary/aromatic N) is 3. The van der Waals surface area contributed by atoms with Gasteiger partial charge in [0, 0.05) is 43.5 Å². The van der Waals surface area contributed by atoms with Gasteiger partial charge in [-0.15, -0.1) is 0 Å². The molecular weight excluding hydrogens is 350 g/mol. The van der Waals surface area contributed by atoms with Gasteiger partial charge in [-0.3, -0.25) is 0 Å². The molecule has 146 valence electrons. The van der Waals surface area contributed by atoms with Gasteiger partial charge >= 0.3 is 0 Å². The van der Waals surface area contributed by atoms with Gasteiger partial charge in [0.15, 0.2) is 0 Å². The molecule has 0 aliphatic carbocycles. The molecule has 1 N–H and O–H groups in total. The first kappa shape index (κ1) is 17.6. The Morgan fingerprint density at radius 2 is 1.96 bits per heavy atom. The second kappa shape index (κ2) is 6.52. The second-order valence-corrected chi connectivity index (χ2v) is 8.15. The topological polar surface area (TPSA) is 48.3 Å². The van der Waals surface area contributed by atoms with Crippen molar-refractivity contribution in [3.05, 3.63) is 59.2 Å². The molecule has 3 aliphatic rings. The number of aromatic hydroxyl groups is 1. The van der Waals surface area contributed by atoms with Gasteiger partial charge in [0.2, 0.25) is 5.72 Å². The summed E-state index contributed by atoms with van der Waals surface area (Å²) >= 11 is 0. The van der Waals surface area contributed by atoms with E-state index in [4.69, 9.17) is 9.84 Å². The summed E-state index contributed by atoms with van der Waals surface area (Å²) < 4.78 is 6.63. The Morgan fingerprint density at radius 3 is 2.75 bits per heavy atom. The van der Waals surface area contributed by atoms with E-state index in [9.17, 15) is 5.11 Å². The van der Waals surface area contributed by atoms with E-state index in [0.29, 0.717) is 5.75 Å². The van der Waals surface area contributed by atoms with Crippen LogP contribution in [0, 0.1) is 6.92 Å². The third-order valence-corrected chi connectivity index (χ3v) is 6.45. The van der Waals surface area contributed by atoms with E-state index in [2.05, 4.69) is 35.0 Å². The second-order valence-electron chi connectivity index (χ2n) is 8.15. The van der Waals surface area contributed by atoms with E-state index in [-0.39, 0.29) is 6.04 Å². The number of phenols is 1. The lowest BCUT2D eigenvalue weighted by molar-refractivity contribution is -0.149. The SMILES string of the molecule is CCN1CCC2(CC1)Oc1ccccc1[C@@H]1CC(c3cc(C)ccc3O)=NN12. The first-order valence-electron chi connectivity index (χ1n) is 10.3. The summed E-state index contributed by atoms with van der Waals surface area (Å²) in [6, 6.07) is 14.2. The van der Waals surface area contributed by atoms with Crippen LogP contribution in [0.25, 0.3) is 0 Å². The van der Waals surface area contributed by atoms with Gasteiger partial charge in [0.25, 0.3) is 0 Å². The number of fused-ring (bicyclic) bond motifs is 4. The number of piperidine rings is 1. The quantitative estimate of drug-likeness (QED) is 0.858. The number of aryl methyl sites for hydroxylation is 1. The fraction of sp³-hybridized carbons (Fsp3) is 0.435. The number of hydrazone groups is 1. The summed E-state index contributed by atoms with van der Waals surface area (Å²) in [5.41, 5.74) is 3.71. The van der Waals surface area contributed by atoms with Gasteiger partial charge in [-0.25, -0.2) is 5.01 Å². The first-order valence-corrected chi connectivity index (χ1v) is 10.3. The summed E-state index contributed by atoms with van der Waals surface area (Å²) in [6.07, 6.45) is 2.65. The van der Waals surface area contributed by atoms with E-state index in [1.54, 1.807) is 6.07 Å². The molecule has 5 rings (SSSR count). The molecule has 3 aliphatic heterocycles. The highest BCUT2D eigenvalue weighted by Gasteiger charge is 2.51. The highest BCUT2D eigenvalue weighted by atomic mass is 16.5. The predicted molar refractivity (Wildman–Crippen MR) is 110 cm³/mol. The van der Waals surface area contributed by atoms with E-state index in [0.717, 1.165) is 61.5 Å². The number of hydrogen-bond donors (Lipinski definition) is 1. The van der Waals surface area contributed by atoms with Crippen LogP contribution in [0.5, 0.6) is 11.5 Å². The minimum Gasteiger partial charge on any atom is -0.507 e. The molecule has 2 aromatic carbocycles. The minimum absolute atomic E-state index is 0.160. The molecule has 1 atom stereocenters. The number of benzene rings is 2. The zero-order valence-electron chi connectivity index (χ0n) is 16.6. The van der Waals surface area contributed by atoms with Gasteiger partial charge < -0.3 is 14.7 Å². The van der Waals surface area contributed by atoms with Crippen molar-refractivity contribution in [2.45, 2.75) is 44.9 Å². The van der Waals surface area contributed by atoms with Gasteiger partial charge in [0.1, 0.15) is 11.5 Å². The monoisotopic (exact) mass is 377 g/mol. The van der Waals surface area contributed by atoms with Gasteiger partial charge in [-0.1, -0.05) is 36.8 Å². The highest BCUT2D eigenvalue weighted by molar-refractivity contribution is 6.04. The average Bonchev–Trinajstić information content (AvgIpc) is 3.17. The number of likely N-dealkylation sites (tertiary alicyclic amines) is 1. The van der Waals surface area contributed by atoms with Crippen LogP contribution in [0.2, 0.25) is 0 Å². The van der Waals surface area contributed by atoms with Crippen molar-refractivity contribution in [2.75, 3.05) is 19.6 Å².